The first-order valence-corrected chi connectivity index (χ1v) is 10.9. The van der Waals surface area contributed by atoms with Crippen molar-refractivity contribution in [2.45, 2.75) is 63.3 Å². The predicted molar refractivity (Wildman–Crippen MR) is 103 cm³/mol. The Morgan fingerprint density at radius 1 is 1.19 bits per heavy atom. The molecule has 0 amide bonds. The number of hydrogen-bond donors (Lipinski definition) is 5. The SMILES string of the molecule is C=C1C(=O)[C@]23[C@H](O)[C@H]1CC[C@H]2[C@@]12CO[C@]3(O)[C@@H](O)[C@@H]1[C@@](C)(COC(C)=O)[C@H](O)C[C@H]2O. The summed E-state index contributed by atoms with van der Waals surface area (Å²) in [5.74, 6) is -5.72. The topological polar surface area (TPSA) is 154 Å². The van der Waals surface area contributed by atoms with E-state index < -0.39 is 76.0 Å². The fourth-order valence-corrected chi connectivity index (χ4v) is 8.14. The minimum absolute atomic E-state index is 0.0794. The Morgan fingerprint density at radius 3 is 2.52 bits per heavy atom. The average Bonchev–Trinajstić information content (AvgIpc) is 2.81. The van der Waals surface area contributed by atoms with Gasteiger partial charge < -0.3 is 35.0 Å². The van der Waals surface area contributed by atoms with Crippen LogP contribution < -0.4 is 0 Å². The summed E-state index contributed by atoms with van der Waals surface area (Å²) in [4.78, 5) is 25.0. The second kappa shape index (κ2) is 6.15. The van der Waals surface area contributed by atoms with E-state index in [0.29, 0.717) is 12.8 Å². The molecule has 0 aromatic heterocycles. The number of carbonyl (C=O) groups is 2. The molecular weight excluding hydrogens is 408 g/mol. The number of aliphatic hydroxyl groups is 5. The van der Waals surface area contributed by atoms with Gasteiger partial charge >= 0.3 is 5.97 Å². The lowest BCUT2D eigenvalue weighted by atomic mass is 9.35. The van der Waals surface area contributed by atoms with Crippen molar-refractivity contribution in [2.24, 2.45) is 34.0 Å². The van der Waals surface area contributed by atoms with E-state index >= 15 is 0 Å². The fourth-order valence-electron chi connectivity index (χ4n) is 8.14. The molecule has 9 heteroatoms. The lowest BCUT2D eigenvalue weighted by Gasteiger charge is -2.75. The van der Waals surface area contributed by atoms with Gasteiger partial charge in [0.1, 0.15) is 11.5 Å². The van der Waals surface area contributed by atoms with Crippen molar-refractivity contribution in [3.05, 3.63) is 12.2 Å². The molecule has 2 saturated heterocycles. The highest BCUT2D eigenvalue weighted by molar-refractivity contribution is 6.05. The Labute approximate surface area is 179 Å². The van der Waals surface area contributed by atoms with Crippen LogP contribution in [0.1, 0.15) is 33.1 Å². The third-order valence-corrected chi connectivity index (χ3v) is 9.48. The van der Waals surface area contributed by atoms with Gasteiger partial charge in [0.25, 0.3) is 0 Å². The van der Waals surface area contributed by atoms with E-state index in [1.165, 1.54) is 6.92 Å². The number of esters is 1. The fraction of sp³-hybridized carbons (Fsp3) is 0.818. The van der Waals surface area contributed by atoms with E-state index in [-0.39, 0.29) is 25.2 Å². The van der Waals surface area contributed by atoms with E-state index in [0.717, 1.165) is 0 Å². The summed E-state index contributed by atoms with van der Waals surface area (Å²) in [5, 5.41) is 56.8. The van der Waals surface area contributed by atoms with Gasteiger partial charge in [0.2, 0.25) is 5.79 Å². The third-order valence-electron chi connectivity index (χ3n) is 9.48. The number of hydrogen-bond acceptors (Lipinski definition) is 9. The largest absolute Gasteiger partial charge is 0.465 e. The van der Waals surface area contributed by atoms with Gasteiger partial charge in [-0.2, -0.15) is 0 Å². The maximum atomic E-state index is 13.5. The van der Waals surface area contributed by atoms with E-state index in [4.69, 9.17) is 9.47 Å². The zero-order chi connectivity index (χ0) is 22.7. The molecule has 0 aromatic carbocycles. The zero-order valence-corrected chi connectivity index (χ0v) is 17.7. The maximum absolute atomic E-state index is 13.5. The highest BCUT2D eigenvalue weighted by Crippen LogP contribution is 2.76. The van der Waals surface area contributed by atoms with Crippen LogP contribution in [-0.4, -0.2) is 80.7 Å². The highest BCUT2D eigenvalue weighted by Gasteiger charge is 2.87. The van der Waals surface area contributed by atoms with Crippen LogP contribution in [0.5, 0.6) is 0 Å². The molecule has 2 heterocycles. The number of fused-ring (bicyclic) bond motifs is 2. The molecule has 6 fully saturated rings. The molecule has 4 saturated carbocycles. The summed E-state index contributed by atoms with van der Waals surface area (Å²) in [6.07, 6.45) is -4.53. The van der Waals surface area contributed by atoms with Crippen LogP contribution in [0.4, 0.5) is 0 Å². The van der Waals surface area contributed by atoms with Crippen LogP contribution in [0.3, 0.4) is 0 Å². The number of ketones is 1. The minimum atomic E-state index is -2.42. The monoisotopic (exact) mass is 438 g/mol. The van der Waals surface area contributed by atoms with E-state index in [1.807, 2.05) is 0 Å². The lowest BCUT2D eigenvalue weighted by molar-refractivity contribution is -0.464. The Morgan fingerprint density at radius 2 is 1.87 bits per heavy atom. The van der Waals surface area contributed by atoms with Crippen molar-refractivity contribution in [2.75, 3.05) is 13.2 Å². The molecular formula is C22H30O9. The van der Waals surface area contributed by atoms with Gasteiger partial charge in [-0.3, -0.25) is 9.59 Å². The van der Waals surface area contributed by atoms with Gasteiger partial charge in [0.15, 0.2) is 5.78 Å². The maximum Gasteiger partial charge on any atom is 0.302 e. The molecule has 6 aliphatic rings. The van der Waals surface area contributed by atoms with Crippen molar-refractivity contribution in [3.63, 3.8) is 0 Å². The quantitative estimate of drug-likeness (QED) is 0.267. The summed E-state index contributed by atoms with van der Waals surface area (Å²) >= 11 is 0. The van der Waals surface area contributed by atoms with Crippen LogP contribution in [-0.2, 0) is 19.1 Å². The van der Waals surface area contributed by atoms with E-state index in [2.05, 4.69) is 6.58 Å². The molecule has 172 valence electrons. The summed E-state index contributed by atoms with van der Waals surface area (Å²) < 4.78 is 11.0. The Kier molecular flexibility index (Phi) is 4.26. The average molecular weight is 438 g/mol. The first-order valence-electron chi connectivity index (χ1n) is 10.9. The molecule has 2 aliphatic heterocycles. The van der Waals surface area contributed by atoms with Gasteiger partial charge in [0.05, 0.1) is 31.5 Å². The summed E-state index contributed by atoms with van der Waals surface area (Å²) in [6.45, 7) is 6.34. The molecule has 0 unspecified atom stereocenters. The molecule has 31 heavy (non-hydrogen) atoms. The van der Waals surface area contributed by atoms with Gasteiger partial charge in [-0.25, -0.2) is 0 Å². The second-order valence-corrected chi connectivity index (χ2v) is 10.5. The molecule has 0 aromatic rings. The van der Waals surface area contributed by atoms with Gasteiger partial charge in [-0.05, 0) is 24.3 Å². The zero-order valence-electron chi connectivity index (χ0n) is 17.7. The normalized spacial score (nSPS) is 57.5. The van der Waals surface area contributed by atoms with Crippen molar-refractivity contribution < 1.29 is 44.6 Å². The molecule has 0 radical (unpaired) electrons. The van der Waals surface area contributed by atoms with Crippen LogP contribution >= 0.6 is 0 Å². The van der Waals surface area contributed by atoms with Crippen LogP contribution in [0.25, 0.3) is 0 Å². The van der Waals surface area contributed by atoms with E-state index in [1.54, 1.807) is 6.92 Å². The van der Waals surface area contributed by atoms with Crippen LogP contribution in [0, 0.1) is 34.0 Å². The van der Waals surface area contributed by atoms with Crippen LogP contribution in [0.2, 0.25) is 0 Å². The first-order chi connectivity index (χ1) is 14.4. The van der Waals surface area contributed by atoms with Crippen molar-refractivity contribution in [3.8, 4) is 0 Å². The standard InChI is InChI=1S/C22H30O9/c1-9-11-4-5-12-20-8-31-22(29,21(12,16(9)26)17(11)27)18(28)15(20)19(3,7-30-10(2)23)13(24)6-14(20)25/h11-15,17-18,24-25,27-29H,1,4-8H2,2-3H3/t11-,12-,13+,14+,15+,17+,18-,19-,20+,21-,22+/m0/s1. The molecule has 5 N–H and O–H groups in total. The van der Waals surface area contributed by atoms with Crippen molar-refractivity contribution in [1.82, 2.24) is 0 Å². The highest BCUT2D eigenvalue weighted by atomic mass is 16.6. The van der Waals surface area contributed by atoms with Crippen LogP contribution in [0.15, 0.2) is 12.2 Å². The number of aliphatic hydroxyl groups excluding tert-OH is 4. The Hall–Kier alpha value is -1.36. The first kappa shape index (κ1) is 21.5. The smallest absolute Gasteiger partial charge is 0.302 e. The van der Waals surface area contributed by atoms with Gasteiger partial charge in [-0.1, -0.05) is 13.5 Å². The number of carbonyl (C=O) groups excluding carboxylic acids is 2. The lowest BCUT2D eigenvalue weighted by Crippen LogP contribution is -2.87. The molecule has 6 rings (SSSR count). The summed E-state index contributed by atoms with van der Waals surface area (Å²) in [6, 6.07) is 0. The third kappa shape index (κ3) is 2.05. The Balaban J connectivity index is 1.73. The number of ether oxygens (including phenoxy) is 2. The van der Waals surface area contributed by atoms with Crippen molar-refractivity contribution >= 4 is 11.8 Å². The molecule has 11 atom stereocenters. The molecule has 9 nitrogen and oxygen atoms in total. The summed E-state index contributed by atoms with van der Waals surface area (Å²) in [5.41, 5.74) is -4.09. The van der Waals surface area contributed by atoms with E-state index in [9.17, 15) is 35.1 Å². The van der Waals surface area contributed by atoms with Gasteiger partial charge in [-0.15, -0.1) is 0 Å². The van der Waals surface area contributed by atoms with Gasteiger partial charge in [0, 0.05) is 36.0 Å². The minimum Gasteiger partial charge on any atom is -0.465 e. The number of Topliss-reactive ketones (excluding diaryl/α,β-unsaturated/α-hetero) is 1. The molecule has 2 spiro atoms. The predicted octanol–water partition coefficient (Wildman–Crippen LogP) is -1.11. The number of rotatable bonds is 2. The second-order valence-electron chi connectivity index (χ2n) is 10.5. The molecule has 4 bridgehead atoms. The Bertz CT molecular complexity index is 873. The molecule has 4 aliphatic carbocycles. The van der Waals surface area contributed by atoms with Crippen molar-refractivity contribution in [1.29, 1.82) is 0 Å². The summed E-state index contributed by atoms with van der Waals surface area (Å²) in [7, 11) is 0.